The molecule has 0 bridgehead atoms. The Balaban J connectivity index is 1.47. The molecule has 5 heteroatoms. The van der Waals surface area contributed by atoms with Gasteiger partial charge in [0.15, 0.2) is 0 Å². The molecule has 0 saturated carbocycles. The van der Waals surface area contributed by atoms with Crippen molar-refractivity contribution in [1.29, 1.82) is 0 Å². The third-order valence-corrected chi connectivity index (χ3v) is 4.70. The maximum absolute atomic E-state index is 12.3. The summed E-state index contributed by atoms with van der Waals surface area (Å²) in [6.07, 6.45) is 6.87. The second-order valence-electron chi connectivity index (χ2n) is 6.58. The fourth-order valence-electron chi connectivity index (χ4n) is 3.42. The van der Waals surface area contributed by atoms with Crippen LogP contribution in [0.1, 0.15) is 31.4 Å². The molecule has 3 rings (SSSR count). The van der Waals surface area contributed by atoms with Crippen molar-refractivity contribution in [3.05, 3.63) is 24.0 Å². The monoisotopic (exact) mass is 302 g/mol. The predicted octanol–water partition coefficient (Wildman–Crippen LogP) is 2.73. The molecule has 120 valence electrons. The van der Waals surface area contributed by atoms with E-state index in [-0.39, 0.29) is 6.03 Å². The van der Waals surface area contributed by atoms with Gasteiger partial charge in [0.05, 0.1) is 11.9 Å². The van der Waals surface area contributed by atoms with E-state index in [1.165, 1.54) is 32.4 Å². The Hall–Kier alpha value is -1.62. The first-order chi connectivity index (χ1) is 10.7. The maximum Gasteiger partial charge on any atom is 0.321 e. The highest BCUT2D eigenvalue weighted by Gasteiger charge is 2.28. The molecule has 1 N–H and O–H groups in total. The van der Waals surface area contributed by atoms with Gasteiger partial charge in [0.25, 0.3) is 0 Å². The van der Waals surface area contributed by atoms with Gasteiger partial charge in [-0.25, -0.2) is 4.79 Å². The number of hydrogen-bond donors (Lipinski definition) is 1. The maximum atomic E-state index is 12.3. The van der Waals surface area contributed by atoms with Gasteiger partial charge in [-0.15, -0.1) is 0 Å². The summed E-state index contributed by atoms with van der Waals surface area (Å²) in [7, 11) is 0. The first-order valence-electron chi connectivity index (χ1n) is 8.41. The summed E-state index contributed by atoms with van der Waals surface area (Å²) in [6.45, 7) is 7.30. The van der Waals surface area contributed by atoms with Gasteiger partial charge < -0.3 is 15.1 Å². The van der Waals surface area contributed by atoms with Gasteiger partial charge in [-0.05, 0) is 57.3 Å². The molecule has 2 amide bonds. The standard InChI is InChI=1S/C17H26N4O/c1-14-5-6-16(11-18-14)19-17(22)21-10-7-15(13-21)12-20-8-3-2-4-9-20/h5-6,11,15H,2-4,7-10,12-13H2,1H3,(H,19,22)/t15-/m1/s1. The number of amides is 2. The fourth-order valence-corrected chi connectivity index (χ4v) is 3.42. The van der Waals surface area contributed by atoms with Crippen molar-refractivity contribution >= 4 is 11.7 Å². The van der Waals surface area contributed by atoms with E-state index in [1.807, 2.05) is 24.0 Å². The second kappa shape index (κ2) is 7.09. The van der Waals surface area contributed by atoms with Gasteiger partial charge in [-0.2, -0.15) is 0 Å². The van der Waals surface area contributed by atoms with Crippen molar-refractivity contribution in [2.45, 2.75) is 32.6 Å². The molecule has 3 heterocycles. The molecule has 2 aliphatic heterocycles. The Bertz CT molecular complexity index is 496. The van der Waals surface area contributed by atoms with Crippen molar-refractivity contribution in [2.75, 3.05) is 38.0 Å². The van der Waals surface area contributed by atoms with Crippen LogP contribution in [-0.4, -0.2) is 53.5 Å². The lowest BCUT2D eigenvalue weighted by atomic mass is 10.1. The average molecular weight is 302 g/mol. The first-order valence-corrected chi connectivity index (χ1v) is 8.41. The SMILES string of the molecule is Cc1ccc(NC(=O)N2CC[C@H](CN3CCCCC3)C2)cn1. The van der Waals surface area contributed by atoms with Crippen molar-refractivity contribution in [3.63, 3.8) is 0 Å². The number of nitrogens with one attached hydrogen (secondary N) is 1. The van der Waals surface area contributed by atoms with Crippen molar-refractivity contribution in [3.8, 4) is 0 Å². The summed E-state index contributed by atoms with van der Waals surface area (Å²) in [5, 5.41) is 2.95. The van der Waals surface area contributed by atoms with Crippen LogP contribution in [0.3, 0.4) is 0 Å². The van der Waals surface area contributed by atoms with Gasteiger partial charge in [0.1, 0.15) is 0 Å². The zero-order valence-electron chi connectivity index (χ0n) is 13.4. The van der Waals surface area contributed by atoms with Crippen LogP contribution < -0.4 is 5.32 Å². The molecule has 0 aromatic carbocycles. The van der Waals surface area contributed by atoms with Crippen LogP contribution in [0.15, 0.2) is 18.3 Å². The highest BCUT2D eigenvalue weighted by molar-refractivity contribution is 5.89. The molecule has 2 saturated heterocycles. The van der Waals surface area contributed by atoms with E-state index in [0.717, 1.165) is 37.4 Å². The predicted molar refractivity (Wildman–Crippen MR) is 88.0 cm³/mol. The first kappa shape index (κ1) is 15.3. The van der Waals surface area contributed by atoms with Gasteiger partial charge in [-0.3, -0.25) is 4.98 Å². The lowest BCUT2D eigenvalue weighted by molar-refractivity contribution is 0.192. The van der Waals surface area contributed by atoms with Gasteiger partial charge >= 0.3 is 6.03 Å². The lowest BCUT2D eigenvalue weighted by Gasteiger charge is -2.29. The van der Waals surface area contributed by atoms with Crippen LogP contribution in [0, 0.1) is 12.8 Å². The highest BCUT2D eigenvalue weighted by Crippen LogP contribution is 2.20. The van der Waals surface area contributed by atoms with Crippen LogP contribution >= 0.6 is 0 Å². The number of nitrogens with zero attached hydrogens (tertiary/aromatic N) is 3. The summed E-state index contributed by atoms with van der Waals surface area (Å²) >= 11 is 0. The number of likely N-dealkylation sites (tertiary alicyclic amines) is 2. The number of carbonyl (C=O) groups excluding carboxylic acids is 1. The van der Waals surface area contributed by atoms with Crippen LogP contribution in [-0.2, 0) is 0 Å². The van der Waals surface area contributed by atoms with Gasteiger partial charge in [0.2, 0.25) is 0 Å². The number of rotatable bonds is 3. The Labute approximate surface area is 132 Å². The number of carbonyl (C=O) groups is 1. The zero-order chi connectivity index (χ0) is 15.4. The smallest absolute Gasteiger partial charge is 0.321 e. The van der Waals surface area contributed by atoms with Crippen molar-refractivity contribution in [1.82, 2.24) is 14.8 Å². The quantitative estimate of drug-likeness (QED) is 0.934. The number of urea groups is 1. The van der Waals surface area contributed by atoms with E-state index >= 15 is 0 Å². The van der Waals surface area contributed by atoms with Gasteiger partial charge in [-0.1, -0.05) is 6.42 Å². The van der Waals surface area contributed by atoms with Gasteiger partial charge in [0, 0.05) is 25.3 Å². The molecule has 0 spiro atoms. The van der Waals surface area contributed by atoms with Crippen molar-refractivity contribution in [2.24, 2.45) is 5.92 Å². The minimum atomic E-state index is 0.00629. The number of aryl methyl sites for hydroxylation is 1. The fraction of sp³-hybridized carbons (Fsp3) is 0.647. The largest absolute Gasteiger partial charge is 0.324 e. The molecule has 2 fully saturated rings. The molecule has 0 radical (unpaired) electrons. The summed E-state index contributed by atoms with van der Waals surface area (Å²) in [4.78, 5) is 21.0. The molecule has 22 heavy (non-hydrogen) atoms. The number of hydrogen-bond acceptors (Lipinski definition) is 3. The third-order valence-electron chi connectivity index (χ3n) is 4.70. The number of pyridine rings is 1. The molecule has 2 aliphatic rings. The topological polar surface area (TPSA) is 48.5 Å². The van der Waals surface area contributed by atoms with E-state index < -0.39 is 0 Å². The van der Waals surface area contributed by atoms with E-state index in [9.17, 15) is 4.79 Å². The molecule has 1 aromatic heterocycles. The normalized spacial score (nSPS) is 22.8. The summed E-state index contributed by atoms with van der Waals surface area (Å²) in [5.41, 5.74) is 1.73. The second-order valence-corrected chi connectivity index (χ2v) is 6.58. The Morgan fingerprint density at radius 1 is 1.27 bits per heavy atom. The summed E-state index contributed by atoms with van der Waals surface area (Å²) in [5.74, 6) is 0.625. The molecule has 5 nitrogen and oxygen atoms in total. The Morgan fingerprint density at radius 2 is 2.09 bits per heavy atom. The lowest BCUT2D eigenvalue weighted by Crippen LogP contribution is -2.37. The molecule has 1 aromatic rings. The zero-order valence-corrected chi connectivity index (χ0v) is 13.4. The minimum absolute atomic E-state index is 0.00629. The number of aromatic nitrogens is 1. The van der Waals surface area contributed by atoms with Crippen LogP contribution in [0.25, 0.3) is 0 Å². The summed E-state index contributed by atoms with van der Waals surface area (Å²) in [6, 6.07) is 3.83. The van der Waals surface area contributed by atoms with E-state index in [1.54, 1.807) is 6.20 Å². The molecular weight excluding hydrogens is 276 g/mol. The number of piperidine rings is 1. The molecule has 0 aliphatic carbocycles. The Kier molecular flexibility index (Phi) is 4.93. The molecule has 0 unspecified atom stereocenters. The minimum Gasteiger partial charge on any atom is -0.324 e. The van der Waals surface area contributed by atoms with E-state index in [4.69, 9.17) is 0 Å². The van der Waals surface area contributed by atoms with Crippen LogP contribution in [0.5, 0.6) is 0 Å². The highest BCUT2D eigenvalue weighted by atomic mass is 16.2. The summed E-state index contributed by atoms with van der Waals surface area (Å²) < 4.78 is 0. The van der Waals surface area contributed by atoms with E-state index in [2.05, 4.69) is 15.2 Å². The Morgan fingerprint density at radius 3 is 2.82 bits per heavy atom. The number of anilines is 1. The molecule has 1 atom stereocenters. The third kappa shape index (κ3) is 3.97. The van der Waals surface area contributed by atoms with Crippen LogP contribution in [0.2, 0.25) is 0 Å². The van der Waals surface area contributed by atoms with Crippen molar-refractivity contribution < 1.29 is 4.79 Å². The van der Waals surface area contributed by atoms with E-state index in [0.29, 0.717) is 5.92 Å². The van der Waals surface area contributed by atoms with Crippen LogP contribution in [0.4, 0.5) is 10.5 Å². The molecular formula is C17H26N4O. The average Bonchev–Trinajstić information content (AvgIpc) is 2.99.